The number of carbonyl (C=O) groups is 2. The number of furan rings is 1. The van der Waals surface area contributed by atoms with Gasteiger partial charge in [-0.15, -0.1) is 10.2 Å². The number of amides is 1. The van der Waals surface area contributed by atoms with Crippen molar-refractivity contribution in [2.24, 2.45) is 5.73 Å². The van der Waals surface area contributed by atoms with Gasteiger partial charge in [0.1, 0.15) is 39.3 Å². The predicted molar refractivity (Wildman–Crippen MR) is 433 cm³/mol. The van der Waals surface area contributed by atoms with Crippen LogP contribution in [0, 0.1) is 29.8 Å². The molecule has 12 aromatic heterocycles. The molecule has 35 heteroatoms. The van der Waals surface area contributed by atoms with E-state index in [1.54, 1.807) is 96.6 Å². The molecule has 0 aliphatic carbocycles. The summed E-state index contributed by atoms with van der Waals surface area (Å²) in [4.78, 5) is 58.1. The minimum Gasteiger partial charge on any atom is -0.399 e. The van der Waals surface area contributed by atoms with Crippen molar-refractivity contribution in [3.8, 4) is 96.2 Å². The number of aliphatic hydroxyl groups is 1. The molecule has 26 nitrogen and oxygen atoms in total. The average molecular weight is 1670 g/mol. The zero-order valence-electron chi connectivity index (χ0n) is 61.0. The summed E-state index contributed by atoms with van der Waals surface area (Å²) in [5, 5.41) is 52.5. The average Bonchev–Trinajstić information content (AvgIpc) is 1.73. The Labute approximate surface area is 685 Å². The van der Waals surface area contributed by atoms with Crippen LogP contribution in [0.3, 0.4) is 0 Å². The van der Waals surface area contributed by atoms with Gasteiger partial charge in [-0.1, -0.05) is 119 Å². The Kier molecular flexibility index (Phi) is 25.0. The van der Waals surface area contributed by atoms with Crippen LogP contribution in [0.4, 0.5) is 23.4 Å². The van der Waals surface area contributed by atoms with Crippen molar-refractivity contribution in [1.29, 1.82) is 0 Å². The van der Waals surface area contributed by atoms with Crippen molar-refractivity contribution in [3.05, 3.63) is 337 Å². The standard InChI is InChI=1S/C21H12Cl2F3N3O.C19H14FN5.C15H12ClN3.C14H10Cl2N4O.C13H9N5O4/c1-11(30)19-15(13-6-5-12(22)9-17(13)23)10-29(28-19)18-7-8-27-20-14(18)3-2-4-16(20)21(24,25)26;1-13-10-18(23-12-22-13)25-11-17(14-6-8-21-9-7-14)19(24-25)15-2-4-16(20)5-3-15;1-11-10-19(14-5-7-17-8-6-14)18-15(11)12-3-2-4-13(16)9-12;15-11-6-7-12(18-17-11)20-14(16)10(8-21)13(19-20)9-4-2-1-3-5-9;14-13(19)9-7-17(8-2-1-5-15-6-8)16-12(9)10-3-4-11(22-10)18(20)21/h2-10H,1H3;2-12H,1H3;2-10H,1H3;1-7,21H,8H2;1-7H,(H2,14,19). The summed E-state index contributed by atoms with van der Waals surface area (Å²) in [6.07, 6.45) is 15.2. The number of alkyl halides is 3. The van der Waals surface area contributed by atoms with E-state index in [1.807, 2.05) is 116 Å². The molecule has 0 bridgehead atoms. The van der Waals surface area contributed by atoms with Crippen LogP contribution < -0.4 is 5.73 Å². The van der Waals surface area contributed by atoms with Gasteiger partial charge in [0, 0.05) is 135 Å². The number of aryl methyl sites for hydroxylation is 2. The number of aromatic nitrogens is 18. The summed E-state index contributed by atoms with van der Waals surface area (Å²) in [6, 6.07) is 52.5. The van der Waals surface area contributed by atoms with Gasteiger partial charge >= 0.3 is 12.1 Å². The number of Topliss-reactive ketones (excluding diaryl/α,β-unsaturated/α-hetero) is 1. The van der Waals surface area contributed by atoms with Crippen molar-refractivity contribution in [2.75, 3.05) is 0 Å². The molecule has 0 atom stereocenters. The summed E-state index contributed by atoms with van der Waals surface area (Å²) in [7, 11) is 0. The van der Waals surface area contributed by atoms with Crippen molar-refractivity contribution >= 4 is 86.5 Å². The highest BCUT2D eigenvalue weighted by molar-refractivity contribution is 6.36. The number of aliphatic hydroxyl groups excluding tert-OH is 1. The highest BCUT2D eigenvalue weighted by Crippen LogP contribution is 2.39. The molecule has 0 saturated heterocycles. The molecule has 5 aromatic carbocycles. The fourth-order valence-electron chi connectivity index (χ4n) is 11.8. The second kappa shape index (κ2) is 36.1. The zero-order valence-corrected chi connectivity index (χ0v) is 64.8. The van der Waals surface area contributed by atoms with Crippen LogP contribution >= 0.6 is 58.0 Å². The Bertz CT molecular complexity index is 6410. The normalized spacial score (nSPS) is 11.0. The van der Waals surface area contributed by atoms with Crippen LogP contribution in [0.5, 0.6) is 0 Å². The summed E-state index contributed by atoms with van der Waals surface area (Å²) in [5.41, 5.74) is 17.0. The molecule has 0 fully saturated rings. The van der Waals surface area contributed by atoms with E-state index in [4.69, 9.17) is 68.2 Å². The van der Waals surface area contributed by atoms with Crippen molar-refractivity contribution < 1.29 is 41.6 Å². The number of carbonyl (C=O) groups excluding carboxylic acids is 2. The minimum atomic E-state index is -4.55. The fourth-order valence-corrected chi connectivity index (χ4v) is 12.8. The molecule has 0 spiro atoms. The molecule has 0 radical (unpaired) electrons. The maximum absolute atomic E-state index is 13.4. The van der Waals surface area contributed by atoms with Gasteiger partial charge in [0.25, 0.3) is 5.91 Å². The van der Waals surface area contributed by atoms with E-state index in [0.29, 0.717) is 60.6 Å². The maximum Gasteiger partial charge on any atom is 0.433 e. The van der Waals surface area contributed by atoms with Gasteiger partial charge in [0.15, 0.2) is 28.3 Å². The van der Waals surface area contributed by atoms with Crippen LogP contribution in [0.2, 0.25) is 25.4 Å². The van der Waals surface area contributed by atoms with Gasteiger partial charge in [0.05, 0.1) is 69.0 Å². The lowest BCUT2D eigenvalue weighted by Gasteiger charge is -2.12. The Morgan fingerprint density at radius 2 is 1.26 bits per heavy atom. The topological polar surface area (TPSA) is 329 Å². The molecule has 1 amide bonds. The second-order valence-corrected chi connectivity index (χ2v) is 27.1. The van der Waals surface area contributed by atoms with E-state index in [9.17, 15) is 42.4 Å². The van der Waals surface area contributed by atoms with Gasteiger partial charge in [-0.2, -0.15) is 38.7 Å². The number of hydrogen-bond donors (Lipinski definition) is 2. The third-order valence-corrected chi connectivity index (χ3v) is 18.6. The molecule has 117 heavy (non-hydrogen) atoms. The number of nitrogens with zero attached hydrogens (tertiary/aromatic N) is 19. The van der Waals surface area contributed by atoms with Gasteiger partial charge in [-0.05, 0) is 140 Å². The SMILES string of the molecule is CC(=O)c1nn(-c2ccnc3c(C(F)(F)F)cccc23)cc1-c1ccc(Cl)cc1Cl.Cc1cc(-n2cc(-c3ccncc3)c(-c3ccc(F)cc3)n2)ncn1.Cc1cn(-c2ccncc2)nc1-c1cccc(Cl)c1.NC(=O)c1cn(-c2cccnc2)nc1-c1ccc([N+](=O)[O-])o1.OCc1c(-c2ccccc2)nn(-c2ccc(Cl)nn2)c1Cl. The third-order valence-electron chi connectivity index (χ3n) is 17.2. The maximum atomic E-state index is 13.4. The number of rotatable bonds is 15. The van der Waals surface area contributed by atoms with Gasteiger partial charge in [0.2, 0.25) is 0 Å². The number of pyridine rings is 4. The molecule has 3 N–H and O–H groups in total. The lowest BCUT2D eigenvalue weighted by Crippen LogP contribution is -2.11. The minimum absolute atomic E-state index is 0.0862. The van der Waals surface area contributed by atoms with Crippen LogP contribution in [-0.4, -0.2) is 111 Å². The quantitative estimate of drug-likeness (QED) is 0.0417. The number of ketones is 1. The Morgan fingerprint density at radius 3 is 1.91 bits per heavy atom. The van der Waals surface area contributed by atoms with E-state index >= 15 is 0 Å². The highest BCUT2D eigenvalue weighted by Gasteiger charge is 2.34. The van der Waals surface area contributed by atoms with E-state index < -0.39 is 28.5 Å². The number of para-hydroxylation sites is 1. The zero-order chi connectivity index (χ0) is 82.6. The smallest absolute Gasteiger partial charge is 0.399 e. The number of hydrogen-bond acceptors (Lipinski definition) is 19. The first kappa shape index (κ1) is 81.1. The monoisotopic (exact) mass is 1670 g/mol. The van der Waals surface area contributed by atoms with Crippen LogP contribution in [-0.2, 0) is 12.8 Å². The molecule has 17 rings (SSSR count). The molecule has 0 aliphatic rings. The first-order valence-corrected chi connectivity index (χ1v) is 36.5. The molecule has 0 unspecified atom stereocenters. The summed E-state index contributed by atoms with van der Waals surface area (Å²) < 4.78 is 66.3. The van der Waals surface area contributed by atoms with Gasteiger partial charge < -0.3 is 15.3 Å². The lowest BCUT2D eigenvalue weighted by atomic mass is 10.0. The highest BCUT2D eigenvalue weighted by atomic mass is 35.5. The van der Waals surface area contributed by atoms with Crippen LogP contribution in [0.15, 0.2) is 267 Å². The number of nitro groups is 1. The van der Waals surface area contributed by atoms with E-state index in [-0.39, 0.29) is 57.0 Å². The van der Waals surface area contributed by atoms with Crippen molar-refractivity contribution in [3.63, 3.8) is 0 Å². The van der Waals surface area contributed by atoms with E-state index in [0.717, 1.165) is 67.2 Å². The van der Waals surface area contributed by atoms with Gasteiger partial charge in [-0.3, -0.25) is 39.6 Å². The number of nitrogens with two attached hydrogens (primary N) is 1. The number of benzene rings is 5. The molecule has 0 aliphatic heterocycles. The number of halogens is 9. The fraction of sp³-hybridized carbons (Fsp3) is 0.0610. The van der Waals surface area contributed by atoms with Crippen molar-refractivity contribution in [1.82, 2.24) is 89.0 Å². The summed E-state index contributed by atoms with van der Waals surface area (Å²) in [5.74, 6) is -0.560. The van der Waals surface area contributed by atoms with Crippen molar-refractivity contribution in [2.45, 2.75) is 33.6 Å². The number of primary amides is 1. The van der Waals surface area contributed by atoms with Gasteiger partial charge in [-0.25, -0.2) is 37.8 Å². The Hall–Kier alpha value is -13.9. The third kappa shape index (κ3) is 19.0. The predicted octanol–water partition coefficient (Wildman–Crippen LogP) is 19.0. The molecular formula is C82H57Cl5F4N20O6. The summed E-state index contributed by atoms with van der Waals surface area (Å²) in [6.45, 7) is 5.08. The molecular weight excluding hydrogens is 1610 g/mol. The molecule has 584 valence electrons. The second-order valence-electron chi connectivity index (χ2n) is 25.0. The number of fused-ring (bicyclic) bond motifs is 1. The van der Waals surface area contributed by atoms with Crippen LogP contribution in [0.1, 0.15) is 50.2 Å². The first-order chi connectivity index (χ1) is 56.4. The first-order valence-electron chi connectivity index (χ1n) is 34.6. The Morgan fingerprint density at radius 1 is 0.564 bits per heavy atom. The lowest BCUT2D eigenvalue weighted by molar-refractivity contribution is -0.401. The summed E-state index contributed by atoms with van der Waals surface area (Å²) >= 11 is 30.3. The van der Waals surface area contributed by atoms with E-state index in [1.165, 1.54) is 88.2 Å². The molecule has 0 saturated carbocycles. The van der Waals surface area contributed by atoms with Crippen LogP contribution in [0.25, 0.3) is 107 Å². The Balaban J connectivity index is 0.000000128. The largest absolute Gasteiger partial charge is 0.433 e. The molecule has 17 aromatic rings. The molecule has 12 heterocycles. The van der Waals surface area contributed by atoms with E-state index in [2.05, 4.69) is 65.6 Å².